The number of nitrogens with zero attached hydrogens (tertiary/aromatic N) is 1. The summed E-state index contributed by atoms with van der Waals surface area (Å²) in [6.45, 7) is 7.51. The molecule has 21 heavy (non-hydrogen) atoms. The number of aromatic nitrogens is 1. The molecule has 1 heterocycles. The average Bonchev–Trinajstić information content (AvgIpc) is 2.49. The Labute approximate surface area is 132 Å². The molecular weight excluding hydrogens is 276 g/mol. The molecule has 3 heteroatoms. The van der Waals surface area contributed by atoms with Gasteiger partial charge in [0.25, 0.3) is 0 Å². The van der Waals surface area contributed by atoms with Gasteiger partial charge in [-0.3, -0.25) is 0 Å². The molecule has 0 spiro atoms. The monoisotopic (exact) mass is 302 g/mol. The van der Waals surface area contributed by atoms with E-state index in [0.29, 0.717) is 6.04 Å². The Kier molecular flexibility index (Phi) is 6.52. The van der Waals surface area contributed by atoms with E-state index >= 15 is 0 Å². The third kappa shape index (κ3) is 5.01. The highest BCUT2D eigenvalue weighted by Crippen LogP contribution is 2.26. The Morgan fingerprint density at radius 3 is 2.76 bits per heavy atom. The normalized spacial score (nSPS) is 11.4. The maximum atomic E-state index is 4.87. The summed E-state index contributed by atoms with van der Waals surface area (Å²) in [4.78, 5) is 4.87. The Bertz CT molecular complexity index is 566. The van der Waals surface area contributed by atoms with Crippen LogP contribution in [0.3, 0.4) is 0 Å². The van der Waals surface area contributed by atoms with Crippen molar-refractivity contribution in [3.8, 4) is 0 Å². The molecule has 0 radical (unpaired) electrons. The Morgan fingerprint density at radius 2 is 2.00 bits per heavy atom. The first kappa shape index (κ1) is 16.3. The standard InChI is InChI=1S/C18H26N2S/c1-4-5-8-11-21-18-16(13-19-14(2)3)12-15-9-6-7-10-17(15)20-18/h6-7,9-10,12,14,19H,4-5,8,11,13H2,1-3H3. The zero-order valence-corrected chi connectivity index (χ0v) is 14.2. The molecule has 0 saturated heterocycles. The van der Waals surface area contributed by atoms with Gasteiger partial charge >= 0.3 is 0 Å². The fourth-order valence-electron chi connectivity index (χ4n) is 2.23. The van der Waals surface area contributed by atoms with Crippen molar-refractivity contribution in [1.29, 1.82) is 0 Å². The molecular formula is C18H26N2S. The summed E-state index contributed by atoms with van der Waals surface area (Å²) in [5, 5.41) is 5.94. The maximum Gasteiger partial charge on any atom is 0.101 e. The number of benzene rings is 1. The lowest BCUT2D eigenvalue weighted by Gasteiger charge is -2.13. The van der Waals surface area contributed by atoms with Gasteiger partial charge < -0.3 is 5.32 Å². The largest absolute Gasteiger partial charge is 0.310 e. The summed E-state index contributed by atoms with van der Waals surface area (Å²) in [7, 11) is 0. The Hall–Kier alpha value is -1.06. The second kappa shape index (κ2) is 8.40. The van der Waals surface area contributed by atoms with Crippen LogP contribution >= 0.6 is 11.8 Å². The minimum Gasteiger partial charge on any atom is -0.310 e. The fourth-order valence-corrected chi connectivity index (χ4v) is 3.25. The van der Waals surface area contributed by atoms with Gasteiger partial charge in [0.15, 0.2) is 0 Å². The van der Waals surface area contributed by atoms with Crippen LogP contribution in [0.1, 0.15) is 45.6 Å². The van der Waals surface area contributed by atoms with E-state index in [1.165, 1.54) is 35.2 Å². The molecule has 0 aliphatic rings. The highest BCUT2D eigenvalue weighted by molar-refractivity contribution is 7.99. The van der Waals surface area contributed by atoms with Crippen molar-refractivity contribution < 1.29 is 0 Å². The molecule has 1 N–H and O–H groups in total. The molecule has 0 unspecified atom stereocenters. The fraction of sp³-hybridized carbons (Fsp3) is 0.500. The van der Waals surface area contributed by atoms with Gasteiger partial charge in [-0.1, -0.05) is 51.8 Å². The van der Waals surface area contributed by atoms with Gasteiger partial charge in [-0.25, -0.2) is 4.98 Å². The van der Waals surface area contributed by atoms with Crippen LogP contribution in [-0.4, -0.2) is 16.8 Å². The van der Waals surface area contributed by atoms with Crippen molar-refractivity contribution in [2.45, 2.75) is 57.6 Å². The quantitative estimate of drug-likeness (QED) is 0.548. The Balaban J connectivity index is 2.18. The SMILES string of the molecule is CCCCCSc1nc2ccccc2cc1CNC(C)C. The summed E-state index contributed by atoms with van der Waals surface area (Å²) in [5.74, 6) is 1.16. The minimum absolute atomic E-state index is 0.495. The molecule has 114 valence electrons. The summed E-state index contributed by atoms with van der Waals surface area (Å²) in [6, 6.07) is 11.2. The third-order valence-corrected chi connectivity index (χ3v) is 4.57. The predicted molar refractivity (Wildman–Crippen MR) is 94.0 cm³/mol. The first-order valence-electron chi connectivity index (χ1n) is 7.95. The molecule has 2 rings (SSSR count). The summed E-state index contributed by atoms with van der Waals surface area (Å²) >= 11 is 1.90. The van der Waals surface area contributed by atoms with Gasteiger partial charge in [0, 0.05) is 18.0 Å². The molecule has 2 aromatic rings. The van der Waals surface area contributed by atoms with Crippen molar-refractivity contribution in [3.63, 3.8) is 0 Å². The topological polar surface area (TPSA) is 24.9 Å². The summed E-state index contributed by atoms with van der Waals surface area (Å²) in [5.41, 5.74) is 2.42. The average molecular weight is 302 g/mol. The predicted octanol–water partition coefficient (Wildman–Crippen LogP) is 5.02. The van der Waals surface area contributed by atoms with E-state index < -0.39 is 0 Å². The van der Waals surface area contributed by atoms with Crippen LogP contribution in [0.15, 0.2) is 35.4 Å². The number of pyridine rings is 1. The lowest BCUT2D eigenvalue weighted by Crippen LogP contribution is -2.22. The lowest BCUT2D eigenvalue weighted by atomic mass is 10.1. The van der Waals surface area contributed by atoms with Crippen LogP contribution in [0.25, 0.3) is 10.9 Å². The van der Waals surface area contributed by atoms with Crippen molar-refractivity contribution in [1.82, 2.24) is 10.3 Å². The van der Waals surface area contributed by atoms with E-state index in [4.69, 9.17) is 4.98 Å². The molecule has 0 fully saturated rings. The molecule has 1 aromatic carbocycles. The molecule has 0 aliphatic heterocycles. The van der Waals surface area contributed by atoms with Gasteiger partial charge in [-0.05, 0) is 29.9 Å². The lowest BCUT2D eigenvalue weighted by molar-refractivity contribution is 0.583. The smallest absolute Gasteiger partial charge is 0.101 e. The van der Waals surface area contributed by atoms with Gasteiger partial charge in [0.1, 0.15) is 5.03 Å². The highest BCUT2D eigenvalue weighted by Gasteiger charge is 2.08. The van der Waals surface area contributed by atoms with Crippen molar-refractivity contribution >= 4 is 22.7 Å². The van der Waals surface area contributed by atoms with E-state index in [2.05, 4.69) is 56.4 Å². The van der Waals surface area contributed by atoms with Gasteiger partial charge in [-0.2, -0.15) is 0 Å². The van der Waals surface area contributed by atoms with Crippen LogP contribution in [0.4, 0.5) is 0 Å². The third-order valence-electron chi connectivity index (χ3n) is 3.45. The van der Waals surface area contributed by atoms with Crippen LogP contribution in [0.2, 0.25) is 0 Å². The highest BCUT2D eigenvalue weighted by atomic mass is 32.2. The zero-order valence-electron chi connectivity index (χ0n) is 13.4. The van der Waals surface area contributed by atoms with E-state index in [-0.39, 0.29) is 0 Å². The maximum absolute atomic E-state index is 4.87. The van der Waals surface area contributed by atoms with Crippen LogP contribution in [0, 0.1) is 0 Å². The zero-order chi connectivity index (χ0) is 15.1. The number of fused-ring (bicyclic) bond motifs is 1. The molecule has 0 saturated carbocycles. The molecule has 0 aliphatic carbocycles. The Morgan fingerprint density at radius 1 is 1.19 bits per heavy atom. The number of thioether (sulfide) groups is 1. The van der Waals surface area contributed by atoms with Crippen LogP contribution in [0.5, 0.6) is 0 Å². The van der Waals surface area contributed by atoms with Crippen molar-refractivity contribution in [2.75, 3.05) is 5.75 Å². The number of rotatable bonds is 8. The number of hydrogen-bond donors (Lipinski definition) is 1. The summed E-state index contributed by atoms with van der Waals surface area (Å²) in [6.07, 6.45) is 3.85. The molecule has 0 atom stereocenters. The molecule has 0 bridgehead atoms. The first-order chi connectivity index (χ1) is 10.2. The van der Waals surface area contributed by atoms with Gasteiger partial charge in [0.2, 0.25) is 0 Å². The van der Waals surface area contributed by atoms with Crippen molar-refractivity contribution in [2.24, 2.45) is 0 Å². The molecule has 2 nitrogen and oxygen atoms in total. The van der Waals surface area contributed by atoms with E-state index in [1.807, 2.05) is 11.8 Å². The number of nitrogens with one attached hydrogen (secondary N) is 1. The van der Waals surface area contributed by atoms with Crippen LogP contribution in [-0.2, 0) is 6.54 Å². The second-order valence-electron chi connectivity index (χ2n) is 5.74. The minimum atomic E-state index is 0.495. The molecule has 0 amide bonds. The number of para-hydroxylation sites is 1. The van der Waals surface area contributed by atoms with Crippen molar-refractivity contribution in [3.05, 3.63) is 35.9 Å². The second-order valence-corrected chi connectivity index (χ2v) is 6.82. The first-order valence-corrected chi connectivity index (χ1v) is 8.94. The van der Waals surface area contributed by atoms with Gasteiger partial charge in [0.05, 0.1) is 5.52 Å². The summed E-state index contributed by atoms with van der Waals surface area (Å²) < 4.78 is 0. The van der Waals surface area contributed by atoms with E-state index in [9.17, 15) is 0 Å². The molecule has 1 aromatic heterocycles. The van der Waals surface area contributed by atoms with E-state index in [1.54, 1.807) is 0 Å². The van der Waals surface area contributed by atoms with E-state index in [0.717, 1.165) is 17.8 Å². The number of hydrogen-bond acceptors (Lipinski definition) is 3. The van der Waals surface area contributed by atoms with Crippen LogP contribution < -0.4 is 5.32 Å². The van der Waals surface area contributed by atoms with Gasteiger partial charge in [-0.15, -0.1) is 11.8 Å². The number of unbranched alkanes of at least 4 members (excludes halogenated alkanes) is 2.